The summed E-state index contributed by atoms with van der Waals surface area (Å²) in [5, 5.41) is 12.9. The molecular weight excluding hydrogens is 180 g/mol. The first kappa shape index (κ1) is 10.8. The Labute approximate surface area is 83.5 Å². The molecule has 0 aliphatic rings. The molecule has 1 N–H and O–H groups in total. The largest absolute Gasteiger partial charge is 0.481 e. The van der Waals surface area contributed by atoms with E-state index in [0.717, 1.165) is 17.7 Å². The minimum Gasteiger partial charge on any atom is -0.481 e. The van der Waals surface area contributed by atoms with Crippen LogP contribution in [0.15, 0.2) is 0 Å². The van der Waals surface area contributed by atoms with Crippen LogP contribution in [0.3, 0.4) is 0 Å². The first-order valence-corrected chi connectivity index (χ1v) is 4.79. The molecule has 0 spiro atoms. The van der Waals surface area contributed by atoms with Gasteiger partial charge in [0.15, 0.2) is 0 Å². The fourth-order valence-electron chi connectivity index (χ4n) is 1.68. The van der Waals surface area contributed by atoms with Crippen LogP contribution in [0.5, 0.6) is 0 Å². The Balaban J connectivity index is 2.83. The number of aliphatic carboxylic acids is 1. The van der Waals surface area contributed by atoms with Crippen LogP contribution in [0, 0.1) is 6.92 Å². The predicted molar refractivity (Wildman–Crippen MR) is 53.3 cm³/mol. The van der Waals surface area contributed by atoms with Gasteiger partial charge in [-0.3, -0.25) is 9.48 Å². The second-order valence-corrected chi connectivity index (χ2v) is 3.39. The van der Waals surface area contributed by atoms with Crippen LogP contribution in [-0.4, -0.2) is 20.9 Å². The summed E-state index contributed by atoms with van der Waals surface area (Å²) < 4.78 is 1.84. The summed E-state index contributed by atoms with van der Waals surface area (Å²) >= 11 is 0. The third kappa shape index (κ3) is 2.13. The summed E-state index contributed by atoms with van der Waals surface area (Å²) in [6.45, 7) is 4.08. The summed E-state index contributed by atoms with van der Waals surface area (Å²) in [4.78, 5) is 10.4. The lowest BCUT2D eigenvalue weighted by atomic mass is 10.1. The van der Waals surface area contributed by atoms with E-state index in [9.17, 15) is 4.79 Å². The quantitative estimate of drug-likeness (QED) is 0.789. The van der Waals surface area contributed by atoms with E-state index in [1.807, 2.05) is 18.7 Å². The molecule has 0 fully saturated rings. The van der Waals surface area contributed by atoms with Crippen molar-refractivity contribution in [2.45, 2.75) is 33.1 Å². The Morgan fingerprint density at radius 3 is 2.64 bits per heavy atom. The zero-order chi connectivity index (χ0) is 10.7. The molecule has 0 atom stereocenters. The normalized spacial score (nSPS) is 10.5. The summed E-state index contributed by atoms with van der Waals surface area (Å²) in [5.74, 6) is -0.770. The maximum Gasteiger partial charge on any atom is 0.303 e. The number of nitrogens with zero attached hydrogens (tertiary/aromatic N) is 2. The predicted octanol–water partition coefficient (Wildman–Crippen LogP) is 1.31. The molecule has 1 heterocycles. The highest BCUT2D eigenvalue weighted by atomic mass is 16.4. The average Bonchev–Trinajstić information content (AvgIpc) is 2.38. The molecule has 1 aromatic rings. The van der Waals surface area contributed by atoms with Gasteiger partial charge in [0.2, 0.25) is 0 Å². The molecule has 4 heteroatoms. The maximum atomic E-state index is 10.4. The fraction of sp³-hybridized carbons (Fsp3) is 0.600. The number of carbonyl (C=O) groups is 1. The molecule has 1 aromatic heterocycles. The van der Waals surface area contributed by atoms with E-state index in [0.29, 0.717) is 6.42 Å². The highest BCUT2D eigenvalue weighted by Crippen LogP contribution is 2.14. The molecule has 0 saturated carbocycles. The molecule has 4 nitrogen and oxygen atoms in total. The number of aryl methyl sites for hydroxylation is 2. The zero-order valence-corrected chi connectivity index (χ0v) is 8.87. The molecule has 0 radical (unpaired) electrons. The molecule has 0 unspecified atom stereocenters. The second-order valence-electron chi connectivity index (χ2n) is 3.39. The monoisotopic (exact) mass is 196 g/mol. The van der Waals surface area contributed by atoms with Gasteiger partial charge >= 0.3 is 5.97 Å². The van der Waals surface area contributed by atoms with Crippen LogP contribution < -0.4 is 0 Å². The zero-order valence-electron chi connectivity index (χ0n) is 8.87. The van der Waals surface area contributed by atoms with Gasteiger partial charge in [-0.15, -0.1) is 0 Å². The third-order valence-electron chi connectivity index (χ3n) is 2.44. The van der Waals surface area contributed by atoms with E-state index in [1.165, 1.54) is 5.69 Å². The number of aromatic nitrogens is 2. The van der Waals surface area contributed by atoms with Crippen LogP contribution in [0.1, 0.15) is 30.3 Å². The summed E-state index contributed by atoms with van der Waals surface area (Å²) in [6.07, 6.45) is 1.61. The second kappa shape index (κ2) is 4.26. The molecule has 0 aromatic carbocycles. The SMILES string of the molecule is CCc1c(C)c(CCC(=O)O)nn1C. The van der Waals surface area contributed by atoms with Gasteiger partial charge in [0, 0.05) is 19.2 Å². The van der Waals surface area contributed by atoms with Crippen LogP contribution in [0.25, 0.3) is 0 Å². The lowest BCUT2D eigenvalue weighted by Crippen LogP contribution is -1.99. The van der Waals surface area contributed by atoms with Crippen molar-refractivity contribution < 1.29 is 9.90 Å². The van der Waals surface area contributed by atoms with Gasteiger partial charge in [-0.05, 0) is 18.9 Å². The third-order valence-corrected chi connectivity index (χ3v) is 2.44. The number of hydrogen-bond acceptors (Lipinski definition) is 2. The summed E-state index contributed by atoms with van der Waals surface area (Å²) in [6, 6.07) is 0. The van der Waals surface area contributed by atoms with E-state index in [-0.39, 0.29) is 6.42 Å². The Kier molecular flexibility index (Phi) is 3.28. The van der Waals surface area contributed by atoms with Crippen molar-refractivity contribution in [3.63, 3.8) is 0 Å². The van der Waals surface area contributed by atoms with Gasteiger partial charge in [-0.2, -0.15) is 5.10 Å². The van der Waals surface area contributed by atoms with Crippen molar-refractivity contribution in [3.8, 4) is 0 Å². The molecule has 0 aliphatic heterocycles. The van der Waals surface area contributed by atoms with Gasteiger partial charge in [-0.1, -0.05) is 6.92 Å². The van der Waals surface area contributed by atoms with Gasteiger partial charge in [0.25, 0.3) is 0 Å². The molecular formula is C10H16N2O2. The van der Waals surface area contributed by atoms with Crippen molar-refractivity contribution in [3.05, 3.63) is 17.0 Å². The Bertz CT molecular complexity index is 342. The fourth-order valence-corrected chi connectivity index (χ4v) is 1.68. The van der Waals surface area contributed by atoms with Gasteiger partial charge in [0.1, 0.15) is 0 Å². The van der Waals surface area contributed by atoms with Gasteiger partial charge in [0.05, 0.1) is 12.1 Å². The highest BCUT2D eigenvalue weighted by molar-refractivity contribution is 5.67. The van der Waals surface area contributed by atoms with Crippen LogP contribution in [-0.2, 0) is 24.7 Å². The van der Waals surface area contributed by atoms with Crippen molar-refractivity contribution in [2.75, 3.05) is 0 Å². The minimum absolute atomic E-state index is 0.154. The molecule has 0 amide bonds. The van der Waals surface area contributed by atoms with Crippen molar-refractivity contribution in [1.29, 1.82) is 0 Å². The first-order chi connectivity index (χ1) is 6.56. The van der Waals surface area contributed by atoms with E-state index in [2.05, 4.69) is 12.0 Å². The Morgan fingerprint density at radius 1 is 1.57 bits per heavy atom. The molecule has 0 bridgehead atoms. The highest BCUT2D eigenvalue weighted by Gasteiger charge is 2.11. The average molecular weight is 196 g/mol. The standard InChI is InChI=1S/C10H16N2O2/c1-4-9-7(2)8(11-12(9)3)5-6-10(13)14/h4-6H2,1-3H3,(H,13,14). The van der Waals surface area contributed by atoms with E-state index in [1.54, 1.807) is 0 Å². The number of carboxylic acids is 1. The van der Waals surface area contributed by atoms with Crippen LogP contribution >= 0.6 is 0 Å². The minimum atomic E-state index is -0.770. The Morgan fingerprint density at radius 2 is 2.21 bits per heavy atom. The first-order valence-electron chi connectivity index (χ1n) is 4.79. The van der Waals surface area contributed by atoms with Gasteiger partial charge < -0.3 is 5.11 Å². The summed E-state index contributed by atoms with van der Waals surface area (Å²) in [5.41, 5.74) is 3.23. The summed E-state index contributed by atoms with van der Waals surface area (Å²) in [7, 11) is 1.90. The molecule has 0 aliphatic carbocycles. The number of carboxylic acid groups (broad SMARTS) is 1. The lowest BCUT2D eigenvalue weighted by molar-refractivity contribution is -0.136. The smallest absolute Gasteiger partial charge is 0.303 e. The van der Waals surface area contributed by atoms with Crippen molar-refractivity contribution in [1.82, 2.24) is 9.78 Å². The molecule has 78 valence electrons. The number of hydrogen-bond donors (Lipinski definition) is 1. The van der Waals surface area contributed by atoms with Crippen LogP contribution in [0.2, 0.25) is 0 Å². The van der Waals surface area contributed by atoms with Crippen LogP contribution in [0.4, 0.5) is 0 Å². The Hall–Kier alpha value is -1.32. The van der Waals surface area contributed by atoms with E-state index < -0.39 is 5.97 Å². The molecule has 1 rings (SSSR count). The number of rotatable bonds is 4. The van der Waals surface area contributed by atoms with Crippen molar-refractivity contribution in [2.24, 2.45) is 7.05 Å². The topological polar surface area (TPSA) is 55.1 Å². The lowest BCUT2D eigenvalue weighted by Gasteiger charge is -1.97. The van der Waals surface area contributed by atoms with Gasteiger partial charge in [-0.25, -0.2) is 0 Å². The molecule has 0 saturated heterocycles. The van der Waals surface area contributed by atoms with E-state index in [4.69, 9.17) is 5.11 Å². The molecule has 14 heavy (non-hydrogen) atoms. The van der Waals surface area contributed by atoms with Crippen molar-refractivity contribution >= 4 is 5.97 Å². The van der Waals surface area contributed by atoms with E-state index >= 15 is 0 Å². The maximum absolute atomic E-state index is 10.4.